The molecule has 0 unspecified atom stereocenters. The molecule has 23 heavy (non-hydrogen) atoms. The summed E-state index contributed by atoms with van der Waals surface area (Å²) in [5.74, 6) is 1.47. The zero-order valence-electron chi connectivity index (χ0n) is 13.4. The van der Waals surface area contributed by atoms with E-state index in [9.17, 15) is 4.79 Å². The van der Waals surface area contributed by atoms with Crippen LogP contribution in [0, 0.1) is 0 Å². The number of amides is 1. The van der Waals surface area contributed by atoms with Crippen molar-refractivity contribution in [3.05, 3.63) is 12.1 Å². The van der Waals surface area contributed by atoms with Crippen molar-refractivity contribution >= 4 is 45.0 Å². The second-order valence-corrected chi connectivity index (χ2v) is 6.51. The van der Waals surface area contributed by atoms with Gasteiger partial charge in [-0.1, -0.05) is 11.3 Å². The number of nitrogens with zero attached hydrogens (tertiary/aromatic N) is 3. The van der Waals surface area contributed by atoms with Crippen LogP contribution in [0.2, 0.25) is 0 Å². The van der Waals surface area contributed by atoms with Crippen LogP contribution in [0.1, 0.15) is 13.3 Å². The number of aromatic nitrogens is 1. The summed E-state index contributed by atoms with van der Waals surface area (Å²) in [4.78, 5) is 20.4. The van der Waals surface area contributed by atoms with Crippen LogP contribution >= 0.6 is 23.7 Å². The van der Waals surface area contributed by atoms with Gasteiger partial charge in [-0.25, -0.2) is 4.98 Å². The van der Waals surface area contributed by atoms with Crippen molar-refractivity contribution in [3.8, 4) is 11.5 Å². The van der Waals surface area contributed by atoms with Crippen molar-refractivity contribution in [1.82, 2.24) is 9.88 Å². The third-order valence-electron chi connectivity index (χ3n) is 3.47. The Morgan fingerprint density at radius 2 is 1.96 bits per heavy atom. The van der Waals surface area contributed by atoms with E-state index in [4.69, 9.17) is 9.47 Å². The maximum Gasteiger partial charge on any atom is 0.231 e. The first kappa shape index (κ1) is 17.8. The minimum absolute atomic E-state index is 0. The number of rotatable bonds is 5. The van der Waals surface area contributed by atoms with Crippen molar-refractivity contribution in [2.45, 2.75) is 13.3 Å². The smallest absolute Gasteiger partial charge is 0.231 e. The number of anilines is 1. The average Bonchev–Trinajstić information content (AvgIpc) is 3.05. The summed E-state index contributed by atoms with van der Waals surface area (Å²) in [6.45, 7) is 3.43. The molecule has 3 rings (SSSR count). The van der Waals surface area contributed by atoms with Crippen molar-refractivity contribution in [3.63, 3.8) is 0 Å². The Labute approximate surface area is 145 Å². The minimum Gasteiger partial charge on any atom is -0.454 e. The highest BCUT2D eigenvalue weighted by atomic mass is 35.5. The van der Waals surface area contributed by atoms with Crippen LogP contribution < -0.4 is 14.4 Å². The largest absolute Gasteiger partial charge is 0.454 e. The van der Waals surface area contributed by atoms with Gasteiger partial charge in [0, 0.05) is 25.6 Å². The van der Waals surface area contributed by atoms with E-state index in [0.29, 0.717) is 12.3 Å². The predicted octanol–water partition coefficient (Wildman–Crippen LogP) is 2.75. The van der Waals surface area contributed by atoms with Gasteiger partial charge in [0.05, 0.1) is 10.2 Å². The lowest BCUT2D eigenvalue weighted by atomic mass is 10.3. The molecule has 6 nitrogen and oxygen atoms in total. The average molecular weight is 358 g/mol. The third kappa shape index (κ3) is 3.85. The van der Waals surface area contributed by atoms with Crippen molar-refractivity contribution < 1.29 is 14.3 Å². The summed E-state index contributed by atoms with van der Waals surface area (Å²) in [5, 5.41) is 0.727. The number of ether oxygens (including phenoxy) is 2. The number of carbonyl (C=O) groups excluding carboxylic acids is 1. The molecule has 0 bridgehead atoms. The van der Waals surface area contributed by atoms with Gasteiger partial charge in [-0.05, 0) is 27.1 Å². The maximum absolute atomic E-state index is 11.9. The number of fused-ring (bicyclic) bond motifs is 2. The van der Waals surface area contributed by atoms with Crippen LogP contribution in [0.5, 0.6) is 11.5 Å². The lowest BCUT2D eigenvalue weighted by Gasteiger charge is -2.19. The quantitative estimate of drug-likeness (QED) is 0.823. The van der Waals surface area contributed by atoms with Gasteiger partial charge in [-0.3, -0.25) is 9.69 Å². The predicted molar refractivity (Wildman–Crippen MR) is 94.2 cm³/mol. The topological polar surface area (TPSA) is 54.9 Å². The first-order valence-corrected chi connectivity index (χ1v) is 7.99. The van der Waals surface area contributed by atoms with E-state index in [1.165, 1.54) is 11.3 Å². The van der Waals surface area contributed by atoms with E-state index in [1.807, 2.05) is 26.2 Å². The number of benzene rings is 1. The Hall–Kier alpha value is -1.57. The summed E-state index contributed by atoms with van der Waals surface area (Å²) in [7, 11) is 4.05. The maximum atomic E-state index is 11.9. The molecule has 0 N–H and O–H groups in total. The van der Waals surface area contributed by atoms with Gasteiger partial charge in [0.25, 0.3) is 0 Å². The van der Waals surface area contributed by atoms with E-state index in [1.54, 1.807) is 11.8 Å². The van der Waals surface area contributed by atoms with Crippen LogP contribution in [0.25, 0.3) is 10.2 Å². The van der Waals surface area contributed by atoms with Crippen LogP contribution in [0.3, 0.4) is 0 Å². The Kier molecular flexibility index (Phi) is 5.67. The molecule has 1 aromatic carbocycles. The fourth-order valence-corrected chi connectivity index (χ4v) is 3.40. The molecular formula is C15H20ClN3O3S. The molecule has 1 aliphatic rings. The Morgan fingerprint density at radius 3 is 2.61 bits per heavy atom. The number of carbonyl (C=O) groups is 1. The van der Waals surface area contributed by atoms with Crippen LogP contribution in [0.4, 0.5) is 5.13 Å². The normalized spacial score (nSPS) is 12.5. The van der Waals surface area contributed by atoms with Gasteiger partial charge < -0.3 is 14.4 Å². The minimum atomic E-state index is 0. The number of thiazole rings is 1. The zero-order chi connectivity index (χ0) is 15.7. The summed E-state index contributed by atoms with van der Waals surface area (Å²) >= 11 is 1.50. The van der Waals surface area contributed by atoms with E-state index in [2.05, 4.69) is 9.88 Å². The molecule has 2 aromatic rings. The summed E-state index contributed by atoms with van der Waals surface area (Å²) in [6.07, 6.45) is 0.908. The van der Waals surface area contributed by atoms with Crippen LogP contribution in [0.15, 0.2) is 12.1 Å². The van der Waals surface area contributed by atoms with Gasteiger partial charge in [-0.15, -0.1) is 12.4 Å². The molecule has 0 fully saturated rings. The van der Waals surface area contributed by atoms with Crippen LogP contribution in [-0.2, 0) is 4.79 Å². The van der Waals surface area contributed by atoms with Crippen molar-refractivity contribution in [2.24, 2.45) is 0 Å². The second kappa shape index (κ2) is 7.33. The van der Waals surface area contributed by atoms with Crippen LogP contribution in [-0.4, -0.2) is 49.8 Å². The fourth-order valence-electron chi connectivity index (χ4n) is 2.35. The molecule has 8 heteroatoms. The lowest BCUT2D eigenvalue weighted by molar-refractivity contribution is -0.116. The molecular weight excluding hydrogens is 338 g/mol. The first-order valence-electron chi connectivity index (χ1n) is 7.17. The van der Waals surface area contributed by atoms with Gasteiger partial charge in [0.15, 0.2) is 16.6 Å². The Balaban J connectivity index is 0.00000192. The van der Waals surface area contributed by atoms with Gasteiger partial charge in [0.2, 0.25) is 12.7 Å². The van der Waals surface area contributed by atoms with Gasteiger partial charge in [-0.2, -0.15) is 0 Å². The summed E-state index contributed by atoms with van der Waals surface area (Å²) in [5.41, 5.74) is 0.836. The number of halogens is 1. The summed E-state index contributed by atoms with van der Waals surface area (Å²) in [6, 6.07) is 3.80. The first-order chi connectivity index (χ1) is 10.5. The Morgan fingerprint density at radius 1 is 1.26 bits per heavy atom. The molecule has 1 aliphatic heterocycles. The molecule has 126 valence electrons. The molecule has 0 aliphatic carbocycles. The monoisotopic (exact) mass is 357 g/mol. The molecule has 0 atom stereocenters. The molecule has 0 radical (unpaired) electrons. The molecule has 1 amide bonds. The van der Waals surface area contributed by atoms with Gasteiger partial charge >= 0.3 is 0 Å². The zero-order valence-corrected chi connectivity index (χ0v) is 15.0. The van der Waals surface area contributed by atoms with E-state index in [0.717, 1.165) is 34.1 Å². The van der Waals surface area contributed by atoms with Gasteiger partial charge in [0.1, 0.15) is 0 Å². The molecule has 1 aromatic heterocycles. The van der Waals surface area contributed by atoms with E-state index < -0.39 is 0 Å². The van der Waals surface area contributed by atoms with Crippen molar-refractivity contribution in [2.75, 3.05) is 38.9 Å². The molecule has 2 heterocycles. The SMILES string of the molecule is CC(=O)N(CCCN(C)C)c1nc2cc3c(cc2s1)OCO3.Cl. The highest BCUT2D eigenvalue weighted by molar-refractivity contribution is 7.22. The Bertz CT molecular complexity index is 664. The molecule has 0 spiro atoms. The third-order valence-corrected chi connectivity index (χ3v) is 4.51. The highest BCUT2D eigenvalue weighted by Gasteiger charge is 2.20. The number of hydrogen-bond donors (Lipinski definition) is 0. The lowest BCUT2D eigenvalue weighted by Crippen LogP contribution is -2.31. The van der Waals surface area contributed by atoms with E-state index in [-0.39, 0.29) is 25.1 Å². The standard InChI is InChI=1S/C15H19N3O3S.ClH/c1-10(19)18(6-4-5-17(2)3)15-16-11-7-12-13(21-9-20-12)8-14(11)22-15;/h7-8H,4-6,9H2,1-3H3;1H. The second-order valence-electron chi connectivity index (χ2n) is 5.50. The molecule has 0 saturated carbocycles. The van der Waals surface area contributed by atoms with E-state index >= 15 is 0 Å². The van der Waals surface area contributed by atoms with Crippen molar-refractivity contribution in [1.29, 1.82) is 0 Å². The highest BCUT2D eigenvalue weighted by Crippen LogP contribution is 2.39. The fraction of sp³-hybridized carbons (Fsp3) is 0.467. The number of hydrogen-bond acceptors (Lipinski definition) is 6. The summed E-state index contributed by atoms with van der Waals surface area (Å²) < 4.78 is 11.8. The molecule has 0 saturated heterocycles.